The van der Waals surface area contributed by atoms with Gasteiger partial charge in [0.05, 0.1) is 31.0 Å². The van der Waals surface area contributed by atoms with Gasteiger partial charge in [0, 0.05) is 25.0 Å². The van der Waals surface area contributed by atoms with Gasteiger partial charge in [0.2, 0.25) is 0 Å². The van der Waals surface area contributed by atoms with Crippen LogP contribution in [0.1, 0.15) is 101 Å². The Morgan fingerprint density at radius 2 is 1.35 bits per heavy atom. The first-order valence-corrected chi connectivity index (χ1v) is 14.2. The highest BCUT2D eigenvalue weighted by atomic mass is 32.1. The smallest absolute Gasteiger partial charge is 0.167 e. The molecule has 0 saturated heterocycles. The van der Waals surface area contributed by atoms with E-state index in [1.54, 1.807) is 0 Å². The first-order chi connectivity index (χ1) is 16.7. The lowest BCUT2D eigenvalue weighted by molar-refractivity contribution is -0.0334. The maximum Gasteiger partial charge on any atom is 0.167 e. The predicted octanol–water partition coefficient (Wildman–Crippen LogP) is 2.69. The zero-order valence-electron chi connectivity index (χ0n) is 25.2. The molecule has 0 amide bonds. The normalized spacial score (nSPS) is 18.9. The minimum atomic E-state index is -1.25. The SMILES string of the molecule is CCC(C)(C)CC(C)(C)NC(=S)NC(CNCC(O)C(O)CO)C(O)CC(O)C(C)(CC)CC(C)(C)C. The van der Waals surface area contributed by atoms with Crippen LogP contribution in [0.15, 0.2) is 0 Å². The second-order valence-corrected chi connectivity index (χ2v) is 14.2. The molecule has 0 bridgehead atoms. The minimum Gasteiger partial charge on any atom is -0.394 e. The number of hydrogen-bond acceptors (Lipinski definition) is 7. The van der Waals surface area contributed by atoms with Crippen LogP contribution in [0.25, 0.3) is 0 Å². The summed E-state index contributed by atoms with van der Waals surface area (Å²) in [6.07, 6.45) is -0.360. The summed E-state index contributed by atoms with van der Waals surface area (Å²) in [7, 11) is 0. The Morgan fingerprint density at radius 3 is 1.81 bits per heavy atom. The number of aliphatic hydroxyl groups excluding tert-OH is 5. The van der Waals surface area contributed by atoms with Gasteiger partial charge in [0.1, 0.15) is 6.10 Å². The molecule has 0 radical (unpaired) electrons. The van der Waals surface area contributed by atoms with Crippen molar-refractivity contribution in [2.45, 2.75) is 137 Å². The van der Waals surface area contributed by atoms with E-state index >= 15 is 0 Å². The molecule has 0 aliphatic rings. The topological polar surface area (TPSA) is 137 Å². The molecule has 6 unspecified atom stereocenters. The Bertz CT molecular complexity index is 671. The number of aliphatic hydroxyl groups is 5. The maximum absolute atomic E-state index is 11.2. The van der Waals surface area contributed by atoms with Crippen LogP contribution in [0.3, 0.4) is 0 Å². The molecule has 0 aliphatic heterocycles. The van der Waals surface area contributed by atoms with Crippen molar-refractivity contribution >= 4 is 17.3 Å². The summed E-state index contributed by atoms with van der Waals surface area (Å²) in [5, 5.41) is 61.2. The zero-order valence-corrected chi connectivity index (χ0v) is 26.0. The molecule has 8 N–H and O–H groups in total. The molecular weight excluding hydrogens is 490 g/mol. The van der Waals surface area contributed by atoms with Crippen molar-refractivity contribution in [3.05, 3.63) is 0 Å². The third kappa shape index (κ3) is 14.4. The van der Waals surface area contributed by atoms with E-state index in [0.29, 0.717) is 5.11 Å². The molecule has 37 heavy (non-hydrogen) atoms. The van der Waals surface area contributed by atoms with Gasteiger partial charge in [-0.15, -0.1) is 0 Å². The largest absolute Gasteiger partial charge is 0.394 e. The summed E-state index contributed by atoms with van der Waals surface area (Å²) in [6, 6.07) is -0.557. The summed E-state index contributed by atoms with van der Waals surface area (Å²) < 4.78 is 0. The van der Waals surface area contributed by atoms with Crippen LogP contribution in [0, 0.1) is 16.2 Å². The quantitative estimate of drug-likeness (QED) is 0.129. The van der Waals surface area contributed by atoms with Gasteiger partial charge in [-0.3, -0.25) is 0 Å². The molecule has 0 aromatic heterocycles. The fourth-order valence-corrected chi connectivity index (χ4v) is 5.60. The van der Waals surface area contributed by atoms with Gasteiger partial charge in [-0.05, 0) is 61.6 Å². The van der Waals surface area contributed by atoms with E-state index in [0.717, 1.165) is 25.7 Å². The van der Waals surface area contributed by atoms with Crippen molar-refractivity contribution in [3.8, 4) is 0 Å². The Labute approximate surface area is 232 Å². The van der Waals surface area contributed by atoms with Crippen LogP contribution >= 0.6 is 12.2 Å². The average molecular weight is 550 g/mol. The number of thiocarbonyl (C=S) groups is 1. The van der Waals surface area contributed by atoms with Crippen LogP contribution in [0.2, 0.25) is 0 Å². The summed E-state index contributed by atoms with van der Waals surface area (Å²) >= 11 is 5.62. The summed E-state index contributed by atoms with van der Waals surface area (Å²) in [5.74, 6) is 0. The van der Waals surface area contributed by atoms with E-state index in [2.05, 4.69) is 85.2 Å². The predicted molar refractivity (Wildman–Crippen MR) is 156 cm³/mol. The number of rotatable bonds is 17. The number of nitrogens with one attached hydrogen (secondary N) is 3. The van der Waals surface area contributed by atoms with Gasteiger partial charge in [-0.25, -0.2) is 0 Å². The second-order valence-electron chi connectivity index (χ2n) is 13.8. The molecule has 9 heteroatoms. The Balaban J connectivity index is 5.53. The molecule has 0 spiro atoms. The van der Waals surface area contributed by atoms with Crippen LogP contribution < -0.4 is 16.0 Å². The molecule has 0 fully saturated rings. The van der Waals surface area contributed by atoms with E-state index in [-0.39, 0.29) is 41.3 Å². The van der Waals surface area contributed by atoms with Gasteiger partial charge in [0.25, 0.3) is 0 Å². The number of hydrogen-bond donors (Lipinski definition) is 8. The first-order valence-electron chi connectivity index (χ1n) is 13.8. The minimum absolute atomic E-state index is 0.0300. The molecular formula is C28H59N3O5S. The lowest BCUT2D eigenvalue weighted by Gasteiger charge is -2.41. The van der Waals surface area contributed by atoms with Crippen LogP contribution in [-0.4, -0.2) is 86.3 Å². The van der Waals surface area contributed by atoms with E-state index in [9.17, 15) is 20.4 Å². The Hall–Kier alpha value is -0.550. The van der Waals surface area contributed by atoms with Crippen molar-refractivity contribution in [2.24, 2.45) is 16.2 Å². The molecule has 0 saturated carbocycles. The molecule has 222 valence electrons. The van der Waals surface area contributed by atoms with Crippen molar-refractivity contribution in [1.82, 2.24) is 16.0 Å². The molecule has 0 aromatic rings. The highest BCUT2D eigenvalue weighted by Gasteiger charge is 2.38. The van der Waals surface area contributed by atoms with Crippen molar-refractivity contribution in [3.63, 3.8) is 0 Å². The fourth-order valence-electron chi connectivity index (χ4n) is 5.17. The third-order valence-corrected chi connectivity index (χ3v) is 7.69. The van der Waals surface area contributed by atoms with Gasteiger partial charge in [-0.2, -0.15) is 0 Å². The van der Waals surface area contributed by atoms with Crippen LogP contribution in [0.5, 0.6) is 0 Å². The molecule has 0 aromatic carbocycles. The third-order valence-electron chi connectivity index (χ3n) is 7.47. The van der Waals surface area contributed by atoms with Gasteiger partial charge in [-0.1, -0.05) is 61.8 Å². The fraction of sp³-hybridized carbons (Fsp3) is 0.964. The Morgan fingerprint density at radius 1 is 0.784 bits per heavy atom. The van der Waals surface area contributed by atoms with Gasteiger partial charge in [0.15, 0.2) is 5.11 Å². The van der Waals surface area contributed by atoms with Gasteiger partial charge >= 0.3 is 0 Å². The monoisotopic (exact) mass is 549 g/mol. The average Bonchev–Trinajstić information content (AvgIpc) is 2.74. The Kier molecular flexibility index (Phi) is 15.1. The molecule has 6 atom stereocenters. The molecule has 0 heterocycles. The van der Waals surface area contributed by atoms with Crippen molar-refractivity contribution in [2.75, 3.05) is 19.7 Å². The molecule has 0 aliphatic carbocycles. The highest BCUT2D eigenvalue weighted by molar-refractivity contribution is 7.80. The summed E-state index contributed by atoms with van der Waals surface area (Å²) in [5.41, 5.74) is -0.465. The summed E-state index contributed by atoms with van der Waals surface area (Å²) in [4.78, 5) is 0. The van der Waals surface area contributed by atoms with E-state index in [1.165, 1.54) is 0 Å². The summed E-state index contributed by atoms with van der Waals surface area (Å²) in [6.45, 7) is 21.1. The first kappa shape index (κ1) is 36.5. The van der Waals surface area contributed by atoms with E-state index < -0.39 is 37.1 Å². The lowest BCUT2D eigenvalue weighted by Crippen LogP contribution is -2.58. The molecule has 0 rings (SSSR count). The second kappa shape index (κ2) is 15.3. The van der Waals surface area contributed by atoms with Crippen LogP contribution in [0.4, 0.5) is 0 Å². The van der Waals surface area contributed by atoms with Gasteiger partial charge < -0.3 is 41.5 Å². The molecule has 8 nitrogen and oxygen atoms in total. The highest BCUT2D eigenvalue weighted by Crippen LogP contribution is 2.40. The van der Waals surface area contributed by atoms with Crippen LogP contribution in [-0.2, 0) is 0 Å². The maximum atomic E-state index is 11.2. The van der Waals surface area contributed by atoms with Crippen molar-refractivity contribution in [1.29, 1.82) is 0 Å². The van der Waals surface area contributed by atoms with E-state index in [4.69, 9.17) is 17.3 Å². The standard InChI is InChI=1S/C28H59N3O5S/c1-11-26(6,7)18-27(8,9)31-24(37)30-19(14-29-15-21(34)22(35)16-32)20(33)13-23(36)28(10,12-2)17-25(3,4)5/h19-23,29,32-36H,11-18H2,1-10H3,(H2,30,31,37). The lowest BCUT2D eigenvalue weighted by atomic mass is 9.69. The zero-order chi connectivity index (χ0) is 29.2. The van der Waals surface area contributed by atoms with Crippen molar-refractivity contribution < 1.29 is 25.5 Å². The van der Waals surface area contributed by atoms with E-state index in [1.807, 2.05) is 0 Å².